The van der Waals surface area contributed by atoms with Crippen molar-refractivity contribution < 1.29 is 60.2 Å². The summed E-state index contributed by atoms with van der Waals surface area (Å²) in [7, 11) is 0. The number of hydrogen-bond donors (Lipinski definition) is 9. The van der Waals surface area contributed by atoms with E-state index in [4.69, 9.17) is 24.4 Å². The molecule has 2 rings (SSSR count). The SMILES string of the molecule is OC[C@H]1O[C@](O)(O[C@H]2O[C@H](CO)[C@@H](O)[C@H](O)[C@H]2O)[C@H](O)[C@@H](O)[C@H]1O. The monoisotopic (exact) mass is 358 g/mol. The van der Waals surface area contributed by atoms with Gasteiger partial charge in [-0.25, -0.2) is 0 Å². The average Bonchev–Trinajstić information content (AvgIpc) is 2.57. The van der Waals surface area contributed by atoms with Crippen LogP contribution in [0.5, 0.6) is 0 Å². The molecular weight excluding hydrogens is 336 g/mol. The Morgan fingerprint density at radius 3 is 1.83 bits per heavy atom. The molecule has 0 bridgehead atoms. The molecule has 0 amide bonds. The van der Waals surface area contributed by atoms with Gasteiger partial charge in [0.15, 0.2) is 12.4 Å². The molecule has 2 fully saturated rings. The summed E-state index contributed by atoms with van der Waals surface area (Å²) in [6.07, 6.45) is -16.1. The van der Waals surface area contributed by atoms with E-state index in [9.17, 15) is 35.7 Å². The van der Waals surface area contributed by atoms with Crippen molar-refractivity contribution in [2.24, 2.45) is 0 Å². The fourth-order valence-electron chi connectivity index (χ4n) is 2.55. The number of hydrogen-bond acceptors (Lipinski definition) is 12. The summed E-state index contributed by atoms with van der Waals surface area (Å²) in [6, 6.07) is 0. The largest absolute Gasteiger partial charge is 0.394 e. The Hall–Kier alpha value is -0.480. The Morgan fingerprint density at radius 2 is 1.29 bits per heavy atom. The predicted molar refractivity (Wildman–Crippen MR) is 69.8 cm³/mol. The van der Waals surface area contributed by atoms with Gasteiger partial charge >= 0.3 is 5.97 Å². The van der Waals surface area contributed by atoms with Crippen molar-refractivity contribution >= 4 is 0 Å². The first kappa shape index (κ1) is 19.8. The van der Waals surface area contributed by atoms with Gasteiger partial charge in [-0.05, 0) is 0 Å². The Labute approximate surface area is 135 Å². The van der Waals surface area contributed by atoms with Crippen molar-refractivity contribution in [1.29, 1.82) is 0 Å². The van der Waals surface area contributed by atoms with Crippen molar-refractivity contribution in [3.05, 3.63) is 0 Å². The quantitative estimate of drug-likeness (QED) is 0.215. The standard InChI is InChI=1S/C12H22O12/c13-1-3-5(15)7(17)9(19)11(22-3)24-12(21)10(20)8(18)6(16)4(2-14)23-12/h3-11,13-21H,1-2H2/t3-,4-,5-,6+,7+,8+,9-,10-,11-,12+/m1/s1. The smallest absolute Gasteiger partial charge is 0.313 e. The molecule has 10 atom stereocenters. The minimum atomic E-state index is -3.01. The second-order valence-electron chi connectivity index (χ2n) is 5.71. The van der Waals surface area contributed by atoms with Crippen LogP contribution in [0.25, 0.3) is 0 Å². The van der Waals surface area contributed by atoms with E-state index in [0.717, 1.165) is 0 Å². The summed E-state index contributed by atoms with van der Waals surface area (Å²) >= 11 is 0. The molecule has 0 aromatic rings. The molecule has 12 heteroatoms. The molecule has 9 N–H and O–H groups in total. The molecule has 2 aliphatic rings. The van der Waals surface area contributed by atoms with Gasteiger partial charge in [0, 0.05) is 0 Å². The molecule has 0 aliphatic carbocycles. The highest BCUT2D eigenvalue weighted by molar-refractivity contribution is 4.94. The minimum absolute atomic E-state index is 0.757. The molecule has 0 saturated carbocycles. The van der Waals surface area contributed by atoms with Crippen molar-refractivity contribution in [3.63, 3.8) is 0 Å². The van der Waals surface area contributed by atoms with E-state index in [1.54, 1.807) is 0 Å². The highest BCUT2D eigenvalue weighted by Gasteiger charge is 2.57. The molecule has 142 valence electrons. The summed E-state index contributed by atoms with van der Waals surface area (Å²) in [5.74, 6) is -3.01. The topological polar surface area (TPSA) is 210 Å². The van der Waals surface area contributed by atoms with E-state index < -0.39 is 74.3 Å². The van der Waals surface area contributed by atoms with Crippen LogP contribution < -0.4 is 0 Å². The normalized spacial score (nSPS) is 53.1. The van der Waals surface area contributed by atoms with Gasteiger partial charge in [0.25, 0.3) is 0 Å². The first-order chi connectivity index (χ1) is 11.2. The zero-order valence-electron chi connectivity index (χ0n) is 12.4. The van der Waals surface area contributed by atoms with Gasteiger partial charge in [0.1, 0.15) is 42.7 Å². The molecule has 2 aliphatic heterocycles. The van der Waals surface area contributed by atoms with Crippen molar-refractivity contribution in [2.45, 2.75) is 61.1 Å². The first-order valence-electron chi connectivity index (χ1n) is 7.19. The molecule has 0 radical (unpaired) electrons. The maximum Gasteiger partial charge on any atom is 0.313 e. The minimum Gasteiger partial charge on any atom is -0.394 e. The third kappa shape index (κ3) is 3.41. The van der Waals surface area contributed by atoms with Gasteiger partial charge in [0.2, 0.25) is 0 Å². The molecule has 2 saturated heterocycles. The van der Waals surface area contributed by atoms with Crippen molar-refractivity contribution in [1.82, 2.24) is 0 Å². The second-order valence-corrected chi connectivity index (χ2v) is 5.71. The van der Waals surface area contributed by atoms with Crippen LogP contribution in [-0.4, -0.2) is 120 Å². The maximum absolute atomic E-state index is 10.2. The van der Waals surface area contributed by atoms with Crippen LogP contribution in [-0.2, 0) is 14.2 Å². The molecule has 0 aromatic heterocycles. The van der Waals surface area contributed by atoms with E-state index in [1.807, 2.05) is 0 Å². The molecule has 0 unspecified atom stereocenters. The Morgan fingerprint density at radius 1 is 0.750 bits per heavy atom. The maximum atomic E-state index is 10.2. The fourth-order valence-corrected chi connectivity index (χ4v) is 2.55. The third-order valence-electron chi connectivity index (χ3n) is 4.06. The Kier molecular flexibility index (Phi) is 6.12. The second kappa shape index (κ2) is 7.41. The van der Waals surface area contributed by atoms with Crippen LogP contribution in [0.1, 0.15) is 0 Å². The van der Waals surface area contributed by atoms with Crippen LogP contribution in [0.4, 0.5) is 0 Å². The van der Waals surface area contributed by atoms with Crippen LogP contribution in [0.15, 0.2) is 0 Å². The average molecular weight is 358 g/mol. The molecule has 0 aromatic carbocycles. The van der Waals surface area contributed by atoms with Crippen LogP contribution in [0.2, 0.25) is 0 Å². The van der Waals surface area contributed by atoms with E-state index in [1.165, 1.54) is 0 Å². The third-order valence-corrected chi connectivity index (χ3v) is 4.06. The fraction of sp³-hybridized carbons (Fsp3) is 1.00. The highest BCUT2D eigenvalue weighted by Crippen LogP contribution is 2.33. The van der Waals surface area contributed by atoms with Gasteiger partial charge < -0.3 is 55.4 Å². The number of rotatable bonds is 4. The summed E-state index contributed by atoms with van der Waals surface area (Å²) in [5.41, 5.74) is 0. The van der Waals surface area contributed by atoms with Crippen molar-refractivity contribution in [2.75, 3.05) is 13.2 Å². The van der Waals surface area contributed by atoms with Crippen LogP contribution >= 0.6 is 0 Å². The van der Waals surface area contributed by atoms with Crippen molar-refractivity contribution in [3.8, 4) is 0 Å². The van der Waals surface area contributed by atoms with Gasteiger partial charge in [-0.3, -0.25) is 4.74 Å². The number of aliphatic hydroxyl groups is 9. The van der Waals surface area contributed by atoms with Gasteiger partial charge in [-0.15, -0.1) is 0 Å². The lowest BCUT2D eigenvalue weighted by Gasteiger charge is -2.48. The highest BCUT2D eigenvalue weighted by atomic mass is 16.9. The zero-order valence-corrected chi connectivity index (χ0v) is 12.4. The van der Waals surface area contributed by atoms with Gasteiger partial charge in [-0.1, -0.05) is 0 Å². The molecular formula is C12H22O12. The van der Waals surface area contributed by atoms with Gasteiger partial charge in [-0.2, -0.15) is 0 Å². The summed E-state index contributed by atoms with van der Waals surface area (Å²) < 4.78 is 14.7. The lowest BCUT2D eigenvalue weighted by Crippen LogP contribution is -2.69. The van der Waals surface area contributed by atoms with Crippen LogP contribution in [0.3, 0.4) is 0 Å². The molecule has 0 spiro atoms. The van der Waals surface area contributed by atoms with Crippen LogP contribution in [0, 0.1) is 0 Å². The summed E-state index contributed by atoms with van der Waals surface area (Å²) in [4.78, 5) is 0. The summed E-state index contributed by atoms with van der Waals surface area (Å²) in [5, 5.41) is 86.7. The zero-order chi connectivity index (χ0) is 18.2. The Balaban J connectivity index is 2.18. The lowest BCUT2D eigenvalue weighted by atomic mass is 9.97. The Bertz CT molecular complexity index is 419. The molecule has 24 heavy (non-hydrogen) atoms. The van der Waals surface area contributed by atoms with E-state index in [0.29, 0.717) is 0 Å². The lowest BCUT2D eigenvalue weighted by molar-refractivity contribution is -0.488. The predicted octanol–water partition coefficient (Wildman–Crippen LogP) is -6.08. The van der Waals surface area contributed by atoms with Gasteiger partial charge in [0.05, 0.1) is 13.2 Å². The summed E-state index contributed by atoms with van der Waals surface area (Å²) in [6.45, 7) is -1.60. The molecule has 2 heterocycles. The van der Waals surface area contributed by atoms with E-state index in [-0.39, 0.29) is 0 Å². The number of aliphatic hydroxyl groups excluding tert-OH is 8. The van der Waals surface area contributed by atoms with E-state index >= 15 is 0 Å². The first-order valence-corrected chi connectivity index (χ1v) is 7.19. The molecule has 12 nitrogen and oxygen atoms in total. The van der Waals surface area contributed by atoms with E-state index in [2.05, 4.69) is 0 Å². The number of ether oxygens (including phenoxy) is 3.